The van der Waals surface area contributed by atoms with Gasteiger partial charge in [-0.1, -0.05) is 13.0 Å². The van der Waals surface area contributed by atoms with Gasteiger partial charge >= 0.3 is 0 Å². The molecule has 0 radical (unpaired) electrons. The predicted octanol–water partition coefficient (Wildman–Crippen LogP) is 2.64. The van der Waals surface area contributed by atoms with Crippen LogP contribution in [0.2, 0.25) is 0 Å². The topological polar surface area (TPSA) is 32.3 Å². The summed E-state index contributed by atoms with van der Waals surface area (Å²) in [6.07, 6.45) is 0. The Balaban J connectivity index is 2.74. The first kappa shape index (κ1) is 13.0. The van der Waals surface area contributed by atoms with Gasteiger partial charge in [0.1, 0.15) is 0 Å². The van der Waals surface area contributed by atoms with E-state index in [1.165, 1.54) is 10.5 Å². The van der Waals surface area contributed by atoms with Crippen molar-refractivity contribution in [2.45, 2.75) is 23.6 Å². The molecule has 0 aliphatic rings. The normalized spacial score (nSPS) is 12.8. The highest BCUT2D eigenvalue weighted by Crippen LogP contribution is 2.31. The van der Waals surface area contributed by atoms with E-state index in [4.69, 9.17) is 5.11 Å². The van der Waals surface area contributed by atoms with Crippen molar-refractivity contribution >= 4 is 27.7 Å². The lowest BCUT2D eigenvalue weighted by Crippen LogP contribution is -2.05. The summed E-state index contributed by atoms with van der Waals surface area (Å²) in [4.78, 5) is 1.18. The first-order valence-electron chi connectivity index (χ1n) is 4.88. The monoisotopic (exact) mass is 289 g/mol. The Hall–Kier alpha value is -0.0300. The van der Waals surface area contributed by atoms with Crippen molar-refractivity contribution < 1.29 is 5.11 Å². The van der Waals surface area contributed by atoms with Gasteiger partial charge in [0, 0.05) is 21.2 Å². The Morgan fingerprint density at radius 1 is 1.53 bits per heavy atom. The van der Waals surface area contributed by atoms with E-state index in [-0.39, 0.29) is 11.9 Å². The third-order valence-corrected chi connectivity index (χ3v) is 4.04. The molecule has 0 aliphatic carbocycles. The third-order valence-electron chi connectivity index (χ3n) is 1.96. The summed E-state index contributed by atoms with van der Waals surface area (Å²) in [5, 5.41) is 12.3. The second kappa shape index (κ2) is 6.53. The van der Waals surface area contributed by atoms with E-state index in [2.05, 4.69) is 39.4 Å². The molecule has 0 spiro atoms. The van der Waals surface area contributed by atoms with Crippen LogP contribution in [-0.4, -0.2) is 24.0 Å². The van der Waals surface area contributed by atoms with Crippen molar-refractivity contribution in [1.82, 2.24) is 5.32 Å². The molecule has 0 saturated heterocycles. The van der Waals surface area contributed by atoms with Crippen molar-refractivity contribution in [2.24, 2.45) is 0 Å². The fourth-order valence-electron chi connectivity index (χ4n) is 1.21. The van der Waals surface area contributed by atoms with Crippen molar-refractivity contribution in [1.29, 1.82) is 0 Å². The third kappa shape index (κ3) is 4.15. The van der Waals surface area contributed by atoms with E-state index in [0.29, 0.717) is 0 Å². The minimum absolute atomic E-state index is 0.204. The van der Waals surface area contributed by atoms with E-state index in [1.54, 1.807) is 11.8 Å². The van der Waals surface area contributed by atoms with Gasteiger partial charge in [0.2, 0.25) is 0 Å². The number of benzene rings is 1. The molecule has 1 rings (SSSR count). The van der Waals surface area contributed by atoms with Gasteiger partial charge in [0.25, 0.3) is 0 Å². The molecule has 84 valence electrons. The van der Waals surface area contributed by atoms with E-state index in [9.17, 15) is 0 Å². The minimum atomic E-state index is 0.204. The molecule has 0 aromatic heterocycles. The standard InChI is InChI=1S/C11H16BrNOS/c1-8(7-14)15-11-4-3-9(6-13-2)5-10(11)12/h3-5,8,13-14H,6-7H2,1-2H3. The molecule has 0 heterocycles. The van der Waals surface area contributed by atoms with Crippen LogP contribution in [0.15, 0.2) is 27.6 Å². The van der Waals surface area contributed by atoms with Crippen LogP contribution in [0.4, 0.5) is 0 Å². The van der Waals surface area contributed by atoms with E-state index >= 15 is 0 Å². The number of rotatable bonds is 5. The van der Waals surface area contributed by atoms with Gasteiger partial charge < -0.3 is 10.4 Å². The highest BCUT2D eigenvalue weighted by atomic mass is 79.9. The second-order valence-corrected chi connectivity index (χ2v) is 5.74. The molecule has 0 amide bonds. The summed E-state index contributed by atoms with van der Waals surface area (Å²) >= 11 is 5.22. The smallest absolute Gasteiger partial charge is 0.0550 e. The predicted molar refractivity (Wildman–Crippen MR) is 69.3 cm³/mol. The summed E-state index contributed by atoms with van der Waals surface area (Å²) in [6.45, 7) is 3.09. The van der Waals surface area contributed by atoms with E-state index < -0.39 is 0 Å². The number of hydrogen-bond donors (Lipinski definition) is 2. The number of halogens is 1. The number of aliphatic hydroxyl groups excluding tert-OH is 1. The largest absolute Gasteiger partial charge is 0.395 e. The fraction of sp³-hybridized carbons (Fsp3) is 0.455. The Labute approximate surface area is 104 Å². The van der Waals surface area contributed by atoms with Crippen LogP contribution in [-0.2, 0) is 6.54 Å². The molecule has 0 fully saturated rings. The number of hydrogen-bond acceptors (Lipinski definition) is 3. The number of aliphatic hydroxyl groups is 1. The van der Waals surface area contributed by atoms with Gasteiger partial charge in [-0.25, -0.2) is 0 Å². The van der Waals surface area contributed by atoms with Crippen molar-refractivity contribution in [3.8, 4) is 0 Å². The van der Waals surface area contributed by atoms with Crippen LogP contribution in [0.5, 0.6) is 0 Å². The fourth-order valence-corrected chi connectivity index (χ4v) is 2.74. The maximum absolute atomic E-state index is 8.98. The van der Waals surface area contributed by atoms with Gasteiger partial charge in [0.05, 0.1) is 6.61 Å². The molecular weight excluding hydrogens is 274 g/mol. The summed E-state index contributed by atoms with van der Waals surface area (Å²) in [5.41, 5.74) is 1.25. The molecule has 2 nitrogen and oxygen atoms in total. The molecule has 0 aliphatic heterocycles. The summed E-state index contributed by atoms with van der Waals surface area (Å²) in [5.74, 6) is 0. The lowest BCUT2D eigenvalue weighted by Gasteiger charge is -2.10. The Morgan fingerprint density at radius 2 is 2.27 bits per heavy atom. The highest BCUT2D eigenvalue weighted by molar-refractivity contribution is 9.10. The van der Waals surface area contributed by atoms with Gasteiger partial charge in [-0.2, -0.15) is 0 Å². The second-order valence-electron chi connectivity index (χ2n) is 3.41. The maximum Gasteiger partial charge on any atom is 0.0550 e. The van der Waals surface area contributed by atoms with Crippen molar-refractivity contribution in [2.75, 3.05) is 13.7 Å². The Morgan fingerprint density at radius 3 is 2.80 bits per heavy atom. The molecule has 1 aromatic carbocycles. The number of thioether (sulfide) groups is 1. The summed E-state index contributed by atoms with van der Waals surface area (Å²) < 4.78 is 1.10. The molecular formula is C11H16BrNOS. The van der Waals surface area contributed by atoms with Gasteiger partial charge in [-0.05, 0) is 40.7 Å². The lowest BCUT2D eigenvalue weighted by atomic mass is 10.2. The van der Waals surface area contributed by atoms with Crippen LogP contribution in [0.25, 0.3) is 0 Å². The van der Waals surface area contributed by atoms with Crippen LogP contribution >= 0.6 is 27.7 Å². The van der Waals surface area contributed by atoms with Gasteiger partial charge in [0.15, 0.2) is 0 Å². The van der Waals surface area contributed by atoms with Crippen LogP contribution in [0.3, 0.4) is 0 Å². The van der Waals surface area contributed by atoms with Crippen molar-refractivity contribution in [3.63, 3.8) is 0 Å². The first-order valence-corrected chi connectivity index (χ1v) is 6.55. The molecule has 0 bridgehead atoms. The Kier molecular flexibility index (Phi) is 5.68. The van der Waals surface area contributed by atoms with Gasteiger partial charge in [-0.15, -0.1) is 11.8 Å². The molecule has 4 heteroatoms. The van der Waals surface area contributed by atoms with Crippen LogP contribution < -0.4 is 5.32 Å². The average Bonchev–Trinajstić information content (AvgIpc) is 2.22. The zero-order valence-electron chi connectivity index (χ0n) is 8.96. The summed E-state index contributed by atoms with van der Waals surface area (Å²) in [6, 6.07) is 6.31. The Bertz CT molecular complexity index is 319. The van der Waals surface area contributed by atoms with E-state index in [0.717, 1.165) is 11.0 Å². The quantitative estimate of drug-likeness (QED) is 0.818. The minimum Gasteiger partial charge on any atom is -0.395 e. The lowest BCUT2D eigenvalue weighted by molar-refractivity contribution is 0.300. The maximum atomic E-state index is 8.98. The molecule has 2 N–H and O–H groups in total. The molecule has 0 saturated carbocycles. The van der Waals surface area contributed by atoms with Crippen molar-refractivity contribution in [3.05, 3.63) is 28.2 Å². The molecule has 1 atom stereocenters. The molecule has 1 aromatic rings. The first-order chi connectivity index (χ1) is 7.17. The van der Waals surface area contributed by atoms with Crippen LogP contribution in [0.1, 0.15) is 12.5 Å². The zero-order valence-corrected chi connectivity index (χ0v) is 11.4. The SMILES string of the molecule is CNCc1ccc(SC(C)CO)c(Br)c1. The average molecular weight is 290 g/mol. The molecule has 15 heavy (non-hydrogen) atoms. The highest BCUT2D eigenvalue weighted by Gasteiger charge is 2.06. The zero-order chi connectivity index (χ0) is 11.3. The van der Waals surface area contributed by atoms with Gasteiger partial charge in [-0.3, -0.25) is 0 Å². The summed E-state index contributed by atoms with van der Waals surface area (Å²) in [7, 11) is 1.93. The van der Waals surface area contributed by atoms with Crippen LogP contribution in [0, 0.1) is 0 Å². The molecule has 1 unspecified atom stereocenters. The number of nitrogens with one attached hydrogen (secondary N) is 1. The van der Waals surface area contributed by atoms with E-state index in [1.807, 2.05) is 14.0 Å².